The first-order chi connectivity index (χ1) is 7.66. The number of benzene rings is 1. The smallest absolute Gasteiger partial charge is 0.167 e. The van der Waals surface area contributed by atoms with Crippen molar-refractivity contribution in [3.05, 3.63) is 23.8 Å². The Morgan fingerprint density at radius 3 is 2.88 bits per heavy atom. The molecule has 1 heterocycles. The van der Waals surface area contributed by atoms with Crippen LogP contribution in [0.5, 0.6) is 5.75 Å². The Morgan fingerprint density at radius 2 is 2.19 bits per heavy atom. The van der Waals surface area contributed by atoms with Gasteiger partial charge < -0.3 is 15.2 Å². The van der Waals surface area contributed by atoms with Gasteiger partial charge in [0.05, 0.1) is 11.8 Å². The van der Waals surface area contributed by atoms with Gasteiger partial charge in [-0.3, -0.25) is 0 Å². The lowest BCUT2D eigenvalue weighted by Gasteiger charge is -2.12. The van der Waals surface area contributed by atoms with Gasteiger partial charge in [0, 0.05) is 18.7 Å². The van der Waals surface area contributed by atoms with Crippen LogP contribution in [0, 0.1) is 11.6 Å². The molecule has 5 heteroatoms. The summed E-state index contributed by atoms with van der Waals surface area (Å²) in [7, 11) is 0. The highest BCUT2D eigenvalue weighted by Crippen LogP contribution is 2.24. The molecule has 2 rings (SSSR count). The molecule has 0 spiro atoms. The Bertz CT molecular complexity index is 378. The molecule has 1 fully saturated rings. The molecule has 1 atom stereocenters. The lowest BCUT2D eigenvalue weighted by atomic mass is 10.2. The second-order valence-corrected chi connectivity index (χ2v) is 3.75. The van der Waals surface area contributed by atoms with Crippen molar-refractivity contribution in [1.82, 2.24) is 0 Å². The number of hydrogen-bond donors (Lipinski definition) is 1. The molecule has 1 aromatic carbocycles. The minimum atomic E-state index is -0.677. The molecular formula is C11H13F2NO2. The third-order valence-electron chi connectivity index (χ3n) is 2.50. The van der Waals surface area contributed by atoms with Crippen molar-refractivity contribution < 1.29 is 18.3 Å². The van der Waals surface area contributed by atoms with Crippen molar-refractivity contribution in [3.8, 4) is 5.75 Å². The third kappa shape index (κ3) is 2.41. The van der Waals surface area contributed by atoms with Crippen LogP contribution in [0.3, 0.4) is 0 Å². The number of rotatable bonds is 3. The first-order valence-electron chi connectivity index (χ1n) is 5.16. The first-order valence-corrected chi connectivity index (χ1v) is 5.16. The number of ether oxygens (including phenoxy) is 2. The fourth-order valence-electron chi connectivity index (χ4n) is 1.61. The standard InChI is InChI=1S/C11H13F2NO2/c12-8-5-11(9(13)4-10(8)14)16-6-7-2-1-3-15-7/h4-5,7H,1-3,6,14H2. The summed E-state index contributed by atoms with van der Waals surface area (Å²) in [5.74, 6) is -1.46. The number of hydrogen-bond acceptors (Lipinski definition) is 3. The summed E-state index contributed by atoms with van der Waals surface area (Å²) < 4.78 is 36.8. The van der Waals surface area contributed by atoms with Crippen LogP contribution >= 0.6 is 0 Å². The Hall–Kier alpha value is -1.36. The zero-order chi connectivity index (χ0) is 11.5. The average Bonchev–Trinajstić information content (AvgIpc) is 2.74. The topological polar surface area (TPSA) is 44.5 Å². The fourth-order valence-corrected chi connectivity index (χ4v) is 1.61. The zero-order valence-electron chi connectivity index (χ0n) is 8.71. The van der Waals surface area contributed by atoms with Crippen LogP contribution in [0.15, 0.2) is 12.1 Å². The van der Waals surface area contributed by atoms with Crippen molar-refractivity contribution in [2.45, 2.75) is 18.9 Å². The number of nitrogens with two attached hydrogens (primary N) is 1. The van der Waals surface area contributed by atoms with Crippen LogP contribution in [-0.4, -0.2) is 19.3 Å². The van der Waals surface area contributed by atoms with Crippen LogP contribution in [0.4, 0.5) is 14.5 Å². The Labute approximate surface area is 92.1 Å². The molecule has 88 valence electrons. The molecule has 1 saturated heterocycles. The van der Waals surface area contributed by atoms with Gasteiger partial charge in [0.25, 0.3) is 0 Å². The Kier molecular flexibility index (Phi) is 3.24. The van der Waals surface area contributed by atoms with Gasteiger partial charge in [-0.25, -0.2) is 8.78 Å². The molecule has 1 aromatic rings. The van der Waals surface area contributed by atoms with Crippen LogP contribution in [0.25, 0.3) is 0 Å². The van der Waals surface area contributed by atoms with E-state index in [-0.39, 0.29) is 24.1 Å². The second kappa shape index (κ2) is 4.65. The van der Waals surface area contributed by atoms with E-state index >= 15 is 0 Å². The molecule has 0 bridgehead atoms. The quantitative estimate of drug-likeness (QED) is 0.807. The van der Waals surface area contributed by atoms with Crippen molar-refractivity contribution in [2.24, 2.45) is 0 Å². The van der Waals surface area contributed by atoms with Crippen molar-refractivity contribution in [2.75, 3.05) is 18.9 Å². The molecule has 0 saturated carbocycles. The van der Waals surface area contributed by atoms with Crippen LogP contribution in [-0.2, 0) is 4.74 Å². The summed E-state index contributed by atoms with van der Waals surface area (Å²) in [6, 6.07) is 1.87. The summed E-state index contributed by atoms with van der Waals surface area (Å²) in [5, 5.41) is 0. The van der Waals surface area contributed by atoms with Crippen molar-refractivity contribution in [1.29, 1.82) is 0 Å². The summed E-state index contributed by atoms with van der Waals surface area (Å²) in [6.07, 6.45) is 1.84. The van der Waals surface area contributed by atoms with E-state index in [9.17, 15) is 8.78 Å². The molecule has 0 aliphatic carbocycles. The van der Waals surface area contributed by atoms with E-state index in [0.29, 0.717) is 6.61 Å². The summed E-state index contributed by atoms with van der Waals surface area (Å²) in [4.78, 5) is 0. The number of anilines is 1. The van der Waals surface area contributed by atoms with Crippen LogP contribution < -0.4 is 10.5 Å². The van der Waals surface area contributed by atoms with Gasteiger partial charge in [-0.15, -0.1) is 0 Å². The molecule has 2 N–H and O–H groups in total. The largest absolute Gasteiger partial charge is 0.488 e. The van der Waals surface area contributed by atoms with E-state index in [1.807, 2.05) is 0 Å². The Morgan fingerprint density at radius 1 is 1.38 bits per heavy atom. The highest BCUT2D eigenvalue weighted by molar-refractivity contribution is 5.44. The molecule has 1 aliphatic heterocycles. The third-order valence-corrected chi connectivity index (χ3v) is 2.50. The van der Waals surface area contributed by atoms with Crippen LogP contribution in [0.2, 0.25) is 0 Å². The molecule has 0 aromatic heterocycles. The molecule has 16 heavy (non-hydrogen) atoms. The molecule has 1 aliphatic rings. The van der Waals surface area contributed by atoms with Gasteiger partial charge in [-0.2, -0.15) is 0 Å². The summed E-state index contributed by atoms with van der Waals surface area (Å²) in [5.41, 5.74) is 4.99. The Balaban J connectivity index is 2.00. The second-order valence-electron chi connectivity index (χ2n) is 3.75. The molecule has 0 amide bonds. The highest BCUT2D eigenvalue weighted by Gasteiger charge is 2.17. The van der Waals surface area contributed by atoms with E-state index < -0.39 is 11.6 Å². The lowest BCUT2D eigenvalue weighted by molar-refractivity contribution is 0.0664. The van der Waals surface area contributed by atoms with E-state index in [0.717, 1.165) is 25.0 Å². The minimum absolute atomic E-state index is 0.0278. The van der Waals surface area contributed by atoms with E-state index in [1.54, 1.807) is 0 Å². The van der Waals surface area contributed by atoms with Gasteiger partial charge >= 0.3 is 0 Å². The molecule has 0 radical (unpaired) electrons. The van der Waals surface area contributed by atoms with E-state index in [1.165, 1.54) is 0 Å². The monoisotopic (exact) mass is 229 g/mol. The maximum Gasteiger partial charge on any atom is 0.167 e. The van der Waals surface area contributed by atoms with E-state index in [2.05, 4.69) is 0 Å². The summed E-state index contributed by atoms with van der Waals surface area (Å²) >= 11 is 0. The zero-order valence-corrected chi connectivity index (χ0v) is 8.71. The fraction of sp³-hybridized carbons (Fsp3) is 0.455. The highest BCUT2D eigenvalue weighted by atomic mass is 19.1. The lowest BCUT2D eigenvalue weighted by Crippen LogP contribution is -2.16. The molecular weight excluding hydrogens is 216 g/mol. The maximum absolute atomic E-state index is 13.3. The van der Waals surface area contributed by atoms with Crippen molar-refractivity contribution >= 4 is 5.69 Å². The minimum Gasteiger partial charge on any atom is -0.488 e. The molecule has 1 unspecified atom stereocenters. The average molecular weight is 229 g/mol. The summed E-state index contributed by atoms with van der Waals surface area (Å²) in [6.45, 7) is 0.937. The van der Waals surface area contributed by atoms with Gasteiger partial charge in [-0.1, -0.05) is 0 Å². The van der Waals surface area contributed by atoms with E-state index in [4.69, 9.17) is 15.2 Å². The number of halogens is 2. The first kappa shape index (κ1) is 11.1. The number of nitrogen functional groups attached to an aromatic ring is 1. The van der Waals surface area contributed by atoms with Gasteiger partial charge in [-0.05, 0) is 12.8 Å². The van der Waals surface area contributed by atoms with Gasteiger partial charge in [0.1, 0.15) is 12.4 Å². The predicted molar refractivity (Wildman–Crippen MR) is 55.2 cm³/mol. The van der Waals surface area contributed by atoms with Crippen molar-refractivity contribution in [3.63, 3.8) is 0 Å². The van der Waals surface area contributed by atoms with Crippen LogP contribution in [0.1, 0.15) is 12.8 Å². The molecule has 3 nitrogen and oxygen atoms in total. The van der Waals surface area contributed by atoms with Gasteiger partial charge in [0.15, 0.2) is 11.6 Å². The normalized spacial score (nSPS) is 20.0. The predicted octanol–water partition coefficient (Wildman–Crippen LogP) is 2.10. The maximum atomic E-state index is 13.3. The van der Waals surface area contributed by atoms with Gasteiger partial charge in [0.2, 0.25) is 0 Å². The SMILES string of the molecule is Nc1cc(F)c(OCC2CCCO2)cc1F.